The summed E-state index contributed by atoms with van der Waals surface area (Å²) in [6.45, 7) is 4.79. The highest BCUT2D eigenvalue weighted by Gasteiger charge is 2.44. The molecule has 1 heterocycles. The van der Waals surface area contributed by atoms with Gasteiger partial charge in [-0.2, -0.15) is 0 Å². The predicted octanol–water partition coefficient (Wildman–Crippen LogP) is 4.45. The molecule has 5 unspecified atom stereocenters. The van der Waals surface area contributed by atoms with Crippen LogP contribution in [0, 0.1) is 23.7 Å². The number of hydrogen-bond donors (Lipinski definition) is 0. The van der Waals surface area contributed by atoms with Crippen molar-refractivity contribution in [2.75, 3.05) is 6.67 Å². The molecule has 1 aliphatic carbocycles. The van der Waals surface area contributed by atoms with Gasteiger partial charge in [0.05, 0.1) is 17.9 Å². The van der Waals surface area contributed by atoms with Crippen LogP contribution in [0.25, 0.3) is 0 Å². The van der Waals surface area contributed by atoms with Crippen LogP contribution in [0.4, 0.5) is 4.39 Å². The topological polar surface area (TPSA) is 55.7 Å². The molecule has 0 bridgehead atoms. The first-order valence-corrected chi connectivity index (χ1v) is 9.67. The number of rotatable bonds is 7. The number of alkyl halides is 1. The molecular formula is C21H30FNO3. The van der Waals surface area contributed by atoms with E-state index in [0.29, 0.717) is 12.3 Å². The summed E-state index contributed by atoms with van der Waals surface area (Å²) in [6, 6.07) is 0.00615. The maximum atomic E-state index is 12.4. The van der Waals surface area contributed by atoms with Gasteiger partial charge in [0.1, 0.15) is 12.5 Å². The first kappa shape index (κ1) is 20.5. The molecule has 144 valence electrons. The number of carbonyl (C=O) groups excluding carboxylic acids is 2. The Morgan fingerprint density at radius 2 is 2.23 bits per heavy atom. The lowest BCUT2D eigenvalue weighted by Crippen LogP contribution is -2.45. The van der Waals surface area contributed by atoms with E-state index in [1.807, 2.05) is 0 Å². The molecule has 1 fully saturated rings. The number of ketones is 1. The van der Waals surface area contributed by atoms with E-state index in [-0.39, 0.29) is 29.6 Å². The summed E-state index contributed by atoms with van der Waals surface area (Å²) in [4.78, 5) is 29.4. The van der Waals surface area contributed by atoms with E-state index >= 15 is 0 Å². The Kier molecular flexibility index (Phi) is 7.73. The van der Waals surface area contributed by atoms with Gasteiger partial charge in [-0.1, -0.05) is 38.2 Å². The van der Waals surface area contributed by atoms with Crippen molar-refractivity contribution in [2.45, 2.75) is 58.9 Å². The molecule has 0 saturated carbocycles. The average molecular weight is 363 g/mol. The summed E-state index contributed by atoms with van der Waals surface area (Å²) in [5.41, 5.74) is 0. The van der Waals surface area contributed by atoms with Gasteiger partial charge in [0, 0.05) is 0 Å². The molecule has 1 saturated heterocycles. The molecule has 0 amide bonds. The fourth-order valence-corrected chi connectivity index (χ4v) is 3.96. The summed E-state index contributed by atoms with van der Waals surface area (Å²) in [7, 11) is 0. The molecule has 0 aromatic carbocycles. The lowest BCUT2D eigenvalue weighted by atomic mass is 9.76. The quantitative estimate of drug-likeness (QED) is 0.496. The Balaban J connectivity index is 2.32. The molecule has 0 aromatic rings. The number of esters is 1. The highest BCUT2D eigenvalue weighted by atomic mass is 19.1. The van der Waals surface area contributed by atoms with Gasteiger partial charge in [-0.3, -0.25) is 14.6 Å². The average Bonchev–Trinajstić information content (AvgIpc) is 2.63. The monoisotopic (exact) mass is 363 g/mol. The number of hydrogen-bond acceptors (Lipinski definition) is 4. The minimum atomic E-state index is -0.552. The maximum Gasteiger partial charge on any atom is 0.315 e. The van der Waals surface area contributed by atoms with E-state index in [4.69, 9.17) is 9.73 Å². The van der Waals surface area contributed by atoms with Crippen LogP contribution < -0.4 is 0 Å². The number of nitrogens with zero attached hydrogens (tertiary/aromatic N) is 1. The van der Waals surface area contributed by atoms with Gasteiger partial charge in [-0.25, -0.2) is 4.39 Å². The van der Waals surface area contributed by atoms with E-state index in [1.54, 1.807) is 13.0 Å². The smallest absolute Gasteiger partial charge is 0.315 e. The SMILES string of the molecule is CCC(N=C1OC(=O)C(C)C(CC=CCF)C1C(C)=O)C1C=CCCC1. The zero-order valence-corrected chi connectivity index (χ0v) is 16.0. The molecule has 0 radical (unpaired) electrons. The van der Waals surface area contributed by atoms with E-state index < -0.39 is 18.5 Å². The zero-order chi connectivity index (χ0) is 19.1. The van der Waals surface area contributed by atoms with Gasteiger partial charge < -0.3 is 4.74 Å². The van der Waals surface area contributed by atoms with Crippen molar-refractivity contribution >= 4 is 17.7 Å². The highest BCUT2D eigenvalue weighted by Crippen LogP contribution is 2.35. The largest absolute Gasteiger partial charge is 0.411 e. The van der Waals surface area contributed by atoms with Crippen molar-refractivity contribution in [3.05, 3.63) is 24.3 Å². The Hall–Kier alpha value is -1.78. The lowest BCUT2D eigenvalue weighted by molar-refractivity contribution is -0.146. The number of allylic oxidation sites excluding steroid dienone is 3. The van der Waals surface area contributed by atoms with E-state index in [2.05, 4.69) is 19.1 Å². The molecule has 26 heavy (non-hydrogen) atoms. The minimum Gasteiger partial charge on any atom is -0.411 e. The molecule has 1 aliphatic heterocycles. The molecule has 5 heteroatoms. The van der Waals surface area contributed by atoms with Crippen molar-refractivity contribution in [1.82, 2.24) is 0 Å². The number of halogens is 1. The molecule has 4 nitrogen and oxygen atoms in total. The van der Waals surface area contributed by atoms with E-state index in [0.717, 1.165) is 25.7 Å². The Bertz CT molecular complexity index is 596. The third-order valence-corrected chi connectivity index (χ3v) is 5.51. The second-order valence-electron chi connectivity index (χ2n) is 7.29. The summed E-state index contributed by atoms with van der Waals surface area (Å²) in [5.74, 6) is -1.04. The van der Waals surface area contributed by atoms with Crippen LogP contribution in [-0.4, -0.2) is 30.4 Å². The molecule has 5 atom stereocenters. The van der Waals surface area contributed by atoms with Gasteiger partial charge in [0.15, 0.2) is 0 Å². The third kappa shape index (κ3) is 4.89. The van der Waals surface area contributed by atoms with Crippen LogP contribution >= 0.6 is 0 Å². The lowest BCUT2D eigenvalue weighted by Gasteiger charge is -2.35. The fraction of sp³-hybridized carbons (Fsp3) is 0.667. The normalized spacial score (nSPS) is 32.0. The first-order valence-electron chi connectivity index (χ1n) is 9.67. The second kappa shape index (κ2) is 9.79. The second-order valence-corrected chi connectivity index (χ2v) is 7.29. The summed E-state index contributed by atoms with van der Waals surface area (Å²) in [6.07, 6.45) is 12.1. The molecule has 2 aliphatic rings. The standard InChI is InChI=1S/C21H30FNO3/c1-4-18(16-10-6-5-7-11-16)23-20-19(15(3)24)17(12-8-9-13-22)14(2)21(25)26-20/h6,8-10,14,16-19H,4-5,7,11-13H2,1-3H3. The summed E-state index contributed by atoms with van der Waals surface area (Å²) < 4.78 is 17.9. The van der Waals surface area contributed by atoms with Crippen LogP contribution in [0.3, 0.4) is 0 Å². The van der Waals surface area contributed by atoms with Crippen molar-refractivity contribution in [3.63, 3.8) is 0 Å². The van der Waals surface area contributed by atoms with Crippen LogP contribution in [0.5, 0.6) is 0 Å². The Morgan fingerprint density at radius 1 is 1.46 bits per heavy atom. The van der Waals surface area contributed by atoms with Crippen molar-refractivity contribution < 1.29 is 18.7 Å². The van der Waals surface area contributed by atoms with Crippen molar-refractivity contribution in [3.8, 4) is 0 Å². The first-order chi connectivity index (χ1) is 12.5. The van der Waals surface area contributed by atoms with Crippen LogP contribution in [-0.2, 0) is 14.3 Å². The van der Waals surface area contributed by atoms with Gasteiger partial charge in [0.25, 0.3) is 0 Å². The molecule has 0 aromatic heterocycles. The fourth-order valence-electron chi connectivity index (χ4n) is 3.96. The molecule has 0 N–H and O–H groups in total. The number of Topliss-reactive ketones (excluding diaryl/α,β-unsaturated/α-hetero) is 1. The number of aliphatic imine (C=N–C) groups is 1. The van der Waals surface area contributed by atoms with Gasteiger partial charge in [-0.05, 0) is 50.9 Å². The molecule has 0 spiro atoms. The van der Waals surface area contributed by atoms with Gasteiger partial charge in [-0.15, -0.1) is 0 Å². The molecule has 2 rings (SSSR count). The zero-order valence-electron chi connectivity index (χ0n) is 16.0. The number of carbonyl (C=O) groups is 2. The number of ether oxygens (including phenoxy) is 1. The third-order valence-electron chi connectivity index (χ3n) is 5.51. The Morgan fingerprint density at radius 3 is 2.81 bits per heavy atom. The predicted molar refractivity (Wildman–Crippen MR) is 101 cm³/mol. The number of cyclic esters (lactones) is 1. The van der Waals surface area contributed by atoms with E-state index in [1.165, 1.54) is 13.0 Å². The van der Waals surface area contributed by atoms with Crippen LogP contribution in [0.2, 0.25) is 0 Å². The van der Waals surface area contributed by atoms with Gasteiger partial charge in [0.2, 0.25) is 5.90 Å². The minimum absolute atomic E-state index is 0.00615. The van der Waals surface area contributed by atoms with Crippen LogP contribution in [0.1, 0.15) is 52.9 Å². The maximum absolute atomic E-state index is 12.4. The molecular weight excluding hydrogens is 333 g/mol. The highest BCUT2D eigenvalue weighted by molar-refractivity contribution is 6.06. The van der Waals surface area contributed by atoms with Crippen molar-refractivity contribution in [2.24, 2.45) is 28.7 Å². The van der Waals surface area contributed by atoms with E-state index in [9.17, 15) is 14.0 Å². The van der Waals surface area contributed by atoms with Gasteiger partial charge >= 0.3 is 5.97 Å². The summed E-state index contributed by atoms with van der Waals surface area (Å²) in [5, 5.41) is 0. The Labute approximate surface area is 155 Å². The van der Waals surface area contributed by atoms with Crippen LogP contribution in [0.15, 0.2) is 29.3 Å². The summed E-state index contributed by atoms with van der Waals surface area (Å²) >= 11 is 0. The van der Waals surface area contributed by atoms with Crippen molar-refractivity contribution in [1.29, 1.82) is 0 Å².